The molecule has 0 aliphatic rings. The molecule has 0 saturated carbocycles. The molecule has 0 amide bonds. The quantitative estimate of drug-likeness (QED) is 0.773. The number of rotatable bonds is 6. The van der Waals surface area contributed by atoms with Crippen molar-refractivity contribution in [3.63, 3.8) is 0 Å². The highest BCUT2D eigenvalue weighted by atomic mass is 16.3. The molecular weight excluding hydrogens is 200 g/mol. The van der Waals surface area contributed by atoms with Crippen molar-refractivity contribution in [3.8, 4) is 0 Å². The van der Waals surface area contributed by atoms with Crippen LogP contribution >= 0.6 is 0 Å². The molecule has 3 heteroatoms. The van der Waals surface area contributed by atoms with E-state index in [9.17, 15) is 0 Å². The minimum Gasteiger partial charge on any atom is -0.395 e. The first-order valence-electron chi connectivity index (χ1n) is 5.94. The Labute approximate surface area is 97.9 Å². The first-order chi connectivity index (χ1) is 7.72. The summed E-state index contributed by atoms with van der Waals surface area (Å²) in [5.41, 5.74) is 8.27. The van der Waals surface area contributed by atoms with Gasteiger partial charge in [-0.3, -0.25) is 0 Å². The van der Waals surface area contributed by atoms with Crippen molar-refractivity contribution in [2.75, 3.05) is 24.6 Å². The van der Waals surface area contributed by atoms with Gasteiger partial charge < -0.3 is 15.7 Å². The fraction of sp³-hybridized carbons (Fsp3) is 0.538. The zero-order valence-electron chi connectivity index (χ0n) is 10.2. The molecule has 0 spiro atoms. The molecule has 0 aliphatic carbocycles. The van der Waals surface area contributed by atoms with Gasteiger partial charge in [0.15, 0.2) is 0 Å². The largest absolute Gasteiger partial charge is 0.395 e. The number of aliphatic hydroxyl groups excluding tert-OH is 1. The highest BCUT2D eigenvalue weighted by Crippen LogP contribution is 2.19. The molecule has 0 radical (unpaired) electrons. The van der Waals surface area contributed by atoms with Crippen molar-refractivity contribution in [1.82, 2.24) is 0 Å². The van der Waals surface area contributed by atoms with E-state index in [4.69, 9.17) is 10.8 Å². The Bertz CT molecular complexity index is 297. The number of hydrogen-bond donors (Lipinski definition) is 2. The Balaban J connectivity index is 2.76. The maximum Gasteiger partial charge on any atom is 0.0606 e. The van der Waals surface area contributed by atoms with Crippen LogP contribution in [0, 0.1) is 0 Å². The minimum absolute atomic E-state index is 0.127. The van der Waals surface area contributed by atoms with Crippen molar-refractivity contribution in [3.05, 3.63) is 29.8 Å². The first kappa shape index (κ1) is 13.0. The fourth-order valence-electron chi connectivity index (χ4n) is 1.76. The first-order valence-corrected chi connectivity index (χ1v) is 5.94. The van der Waals surface area contributed by atoms with Gasteiger partial charge >= 0.3 is 0 Å². The van der Waals surface area contributed by atoms with E-state index in [0.717, 1.165) is 18.7 Å². The van der Waals surface area contributed by atoms with E-state index in [0.29, 0.717) is 6.54 Å². The Morgan fingerprint density at radius 1 is 1.25 bits per heavy atom. The van der Waals surface area contributed by atoms with E-state index in [2.05, 4.69) is 43.0 Å². The maximum atomic E-state index is 8.95. The van der Waals surface area contributed by atoms with Gasteiger partial charge in [-0.15, -0.1) is 0 Å². The van der Waals surface area contributed by atoms with E-state index >= 15 is 0 Å². The van der Waals surface area contributed by atoms with Gasteiger partial charge in [-0.05, 0) is 31.0 Å². The average molecular weight is 222 g/mol. The van der Waals surface area contributed by atoms with Crippen LogP contribution < -0.4 is 10.6 Å². The van der Waals surface area contributed by atoms with E-state index in [1.807, 2.05) is 0 Å². The molecule has 0 saturated heterocycles. The molecule has 3 nitrogen and oxygen atoms in total. The summed E-state index contributed by atoms with van der Waals surface area (Å²) in [7, 11) is 0. The number of anilines is 1. The molecule has 1 aromatic carbocycles. The smallest absolute Gasteiger partial charge is 0.0606 e. The molecule has 0 aliphatic heterocycles. The Hall–Kier alpha value is -1.06. The summed E-state index contributed by atoms with van der Waals surface area (Å²) < 4.78 is 0. The van der Waals surface area contributed by atoms with Crippen LogP contribution in [0.25, 0.3) is 0 Å². The van der Waals surface area contributed by atoms with Gasteiger partial charge in [0.2, 0.25) is 0 Å². The summed E-state index contributed by atoms with van der Waals surface area (Å²) in [6.45, 7) is 5.93. The summed E-state index contributed by atoms with van der Waals surface area (Å²) in [6.07, 6.45) is 0.952. The van der Waals surface area contributed by atoms with Gasteiger partial charge in [0, 0.05) is 24.8 Å². The molecule has 0 bridgehead atoms. The standard InChI is InChI=1S/C13H22N2O/c1-3-13(14)11-5-7-12(8-6-11)15(4-2)9-10-16/h5-8,13,16H,3-4,9-10,14H2,1-2H3. The van der Waals surface area contributed by atoms with Crippen molar-refractivity contribution in [1.29, 1.82) is 0 Å². The SMILES string of the molecule is CCC(N)c1ccc(N(CC)CCO)cc1. The van der Waals surface area contributed by atoms with E-state index in [-0.39, 0.29) is 12.6 Å². The highest BCUT2D eigenvalue weighted by molar-refractivity contribution is 5.47. The maximum absolute atomic E-state index is 8.95. The molecule has 1 aromatic rings. The van der Waals surface area contributed by atoms with Crippen molar-refractivity contribution in [2.24, 2.45) is 5.73 Å². The third-order valence-electron chi connectivity index (χ3n) is 2.88. The van der Waals surface area contributed by atoms with Gasteiger partial charge in [-0.2, -0.15) is 0 Å². The van der Waals surface area contributed by atoms with Gasteiger partial charge in [-0.25, -0.2) is 0 Å². The Morgan fingerprint density at radius 3 is 2.31 bits per heavy atom. The average Bonchev–Trinajstić information content (AvgIpc) is 2.35. The van der Waals surface area contributed by atoms with Crippen LogP contribution in [0.3, 0.4) is 0 Å². The van der Waals surface area contributed by atoms with Crippen LogP contribution in [-0.2, 0) is 0 Å². The highest BCUT2D eigenvalue weighted by Gasteiger charge is 2.06. The Kier molecular flexibility index (Phi) is 5.29. The zero-order chi connectivity index (χ0) is 12.0. The molecule has 1 unspecified atom stereocenters. The number of nitrogens with zero attached hydrogens (tertiary/aromatic N) is 1. The lowest BCUT2D eigenvalue weighted by Gasteiger charge is -2.22. The minimum atomic E-state index is 0.127. The lowest BCUT2D eigenvalue weighted by atomic mass is 10.1. The summed E-state index contributed by atoms with van der Waals surface area (Å²) in [5, 5.41) is 8.95. The van der Waals surface area contributed by atoms with Gasteiger partial charge in [0.1, 0.15) is 0 Å². The van der Waals surface area contributed by atoms with Crippen LogP contribution in [0.4, 0.5) is 5.69 Å². The van der Waals surface area contributed by atoms with Crippen LogP contribution in [0.1, 0.15) is 31.9 Å². The molecule has 3 N–H and O–H groups in total. The number of likely N-dealkylation sites (N-methyl/N-ethyl adjacent to an activating group) is 1. The summed E-state index contributed by atoms with van der Waals surface area (Å²) >= 11 is 0. The van der Waals surface area contributed by atoms with E-state index in [1.54, 1.807) is 0 Å². The van der Waals surface area contributed by atoms with Crippen molar-refractivity contribution in [2.45, 2.75) is 26.3 Å². The van der Waals surface area contributed by atoms with Crippen molar-refractivity contribution >= 4 is 5.69 Å². The second-order valence-electron chi connectivity index (χ2n) is 3.91. The number of aliphatic hydroxyl groups is 1. The lowest BCUT2D eigenvalue weighted by molar-refractivity contribution is 0.302. The van der Waals surface area contributed by atoms with Gasteiger partial charge in [0.25, 0.3) is 0 Å². The molecular formula is C13H22N2O. The molecule has 16 heavy (non-hydrogen) atoms. The predicted octanol–water partition coefficient (Wildman–Crippen LogP) is 1.92. The summed E-state index contributed by atoms with van der Waals surface area (Å²) in [4.78, 5) is 2.14. The number of nitrogens with two attached hydrogens (primary N) is 1. The summed E-state index contributed by atoms with van der Waals surface area (Å²) in [5.74, 6) is 0. The second-order valence-corrected chi connectivity index (χ2v) is 3.91. The topological polar surface area (TPSA) is 49.5 Å². The molecule has 0 fully saturated rings. The van der Waals surface area contributed by atoms with Crippen molar-refractivity contribution < 1.29 is 5.11 Å². The van der Waals surface area contributed by atoms with E-state index in [1.165, 1.54) is 5.56 Å². The van der Waals surface area contributed by atoms with E-state index < -0.39 is 0 Å². The zero-order valence-corrected chi connectivity index (χ0v) is 10.2. The fourth-order valence-corrected chi connectivity index (χ4v) is 1.76. The van der Waals surface area contributed by atoms with Crippen LogP contribution in [0.2, 0.25) is 0 Å². The van der Waals surface area contributed by atoms with Crippen LogP contribution in [-0.4, -0.2) is 24.8 Å². The second kappa shape index (κ2) is 6.51. The monoisotopic (exact) mass is 222 g/mol. The molecule has 0 aromatic heterocycles. The molecule has 0 heterocycles. The third-order valence-corrected chi connectivity index (χ3v) is 2.88. The normalized spacial score (nSPS) is 12.5. The van der Waals surface area contributed by atoms with Gasteiger partial charge in [-0.1, -0.05) is 19.1 Å². The predicted molar refractivity (Wildman–Crippen MR) is 68.6 cm³/mol. The summed E-state index contributed by atoms with van der Waals surface area (Å²) in [6, 6.07) is 8.42. The van der Waals surface area contributed by atoms with Crippen LogP contribution in [0.15, 0.2) is 24.3 Å². The lowest BCUT2D eigenvalue weighted by Crippen LogP contribution is -2.26. The molecule has 1 rings (SSSR count). The van der Waals surface area contributed by atoms with Crippen LogP contribution in [0.5, 0.6) is 0 Å². The number of benzene rings is 1. The van der Waals surface area contributed by atoms with Gasteiger partial charge in [0.05, 0.1) is 6.61 Å². The Morgan fingerprint density at radius 2 is 1.88 bits per heavy atom. The molecule has 90 valence electrons. The third kappa shape index (κ3) is 3.22. The number of hydrogen-bond acceptors (Lipinski definition) is 3. The molecule has 1 atom stereocenters.